The van der Waals surface area contributed by atoms with Crippen molar-refractivity contribution < 1.29 is 28.4 Å². The maximum Gasteiger partial charge on any atom is 0.138 e. The maximum atomic E-state index is 6.57. The molecule has 10 aromatic rings. The van der Waals surface area contributed by atoms with Gasteiger partial charge in [0.15, 0.2) is 0 Å². The Kier molecular flexibility index (Phi) is 15.6. The molecule has 0 radical (unpaired) electrons. The Balaban J connectivity index is 1.21. The molecule has 0 aliphatic heterocycles. The smallest absolute Gasteiger partial charge is 0.138 e. The van der Waals surface area contributed by atoms with E-state index in [2.05, 4.69) is 119 Å². The van der Waals surface area contributed by atoms with E-state index in [1.54, 1.807) is 0 Å². The Labute approximate surface area is 511 Å². The predicted molar refractivity (Wildman–Crippen MR) is 349 cm³/mol. The highest BCUT2D eigenvalue weighted by atomic mass is 16.5. The van der Waals surface area contributed by atoms with Crippen LogP contribution in [-0.2, 0) is 19.3 Å². The third kappa shape index (κ3) is 10.8. The summed E-state index contributed by atoms with van der Waals surface area (Å²) >= 11 is 0. The molecule has 13 rings (SSSR count). The molecule has 3 aliphatic carbocycles. The number of aromatic nitrogens is 6. The number of hydrogen-bond acceptors (Lipinski definition) is 12. The van der Waals surface area contributed by atoms with Gasteiger partial charge in [-0.15, -0.1) is 0 Å². The van der Waals surface area contributed by atoms with Gasteiger partial charge in [0.1, 0.15) is 34.5 Å². The molecule has 0 unspecified atom stereocenters. The number of ether oxygens (including phenoxy) is 6. The fourth-order valence-electron chi connectivity index (χ4n) is 13.1. The molecule has 12 nitrogen and oxygen atoms in total. The first kappa shape index (κ1) is 57.4. The van der Waals surface area contributed by atoms with Gasteiger partial charge in [0.05, 0.1) is 76.8 Å². The topological polar surface area (TPSA) is 133 Å². The summed E-state index contributed by atoms with van der Waals surface area (Å²) in [5, 5.41) is 7.58. The predicted octanol–water partition coefficient (Wildman–Crippen LogP) is 17.4. The van der Waals surface area contributed by atoms with Gasteiger partial charge in [-0.05, 0) is 190 Å². The molecule has 0 saturated carbocycles. The van der Waals surface area contributed by atoms with Gasteiger partial charge >= 0.3 is 0 Å². The van der Waals surface area contributed by atoms with E-state index in [1.165, 1.54) is 65.7 Å². The monoisotopic (exact) mass is 1160 g/mol. The number of pyridine rings is 6. The third-order valence-electron chi connectivity index (χ3n) is 16.4. The zero-order valence-corrected chi connectivity index (χ0v) is 52.4. The number of rotatable bonds is 24. The minimum atomic E-state index is 0.316. The highest BCUT2D eigenvalue weighted by molar-refractivity contribution is 6.38. The second kappa shape index (κ2) is 23.6. The minimum absolute atomic E-state index is 0.316. The molecule has 6 heterocycles. The van der Waals surface area contributed by atoms with Gasteiger partial charge in [-0.25, -0.2) is 0 Å². The molecule has 0 bridgehead atoms. The zero-order chi connectivity index (χ0) is 60.4. The summed E-state index contributed by atoms with van der Waals surface area (Å²) in [4.78, 5) is 30.0. The molecule has 6 aromatic heterocycles. The number of nitrogens with zero attached hydrogens (tertiary/aromatic N) is 6. The van der Waals surface area contributed by atoms with Crippen LogP contribution in [-0.4, -0.2) is 69.5 Å². The van der Waals surface area contributed by atoms with Crippen molar-refractivity contribution in [3.63, 3.8) is 0 Å². The zero-order valence-electron chi connectivity index (χ0n) is 52.4. The van der Waals surface area contributed by atoms with E-state index >= 15 is 0 Å². The van der Waals surface area contributed by atoms with Gasteiger partial charge in [-0.2, -0.15) is 0 Å². The SMILES string of the molecule is CC(C)COc1cncc(-c2c(-c3cncc(OCC(C)C)c3)c3c4c5c2Cc2c(-c6cncc(OCC(C)C)c6)c(-c6cncc(OCC(C)C)c6)c6c(c25)c2c(c(-c5cncc(OCC(C)C)c5)c(-c5cncc(OCC(C)C)c5)c(c42)C3)C6)c1. The molecule has 12 heteroatoms. The Morgan fingerprint density at radius 1 is 0.241 bits per heavy atom. The Morgan fingerprint density at radius 3 is 0.529 bits per heavy atom. The van der Waals surface area contributed by atoms with Crippen LogP contribution in [0.2, 0.25) is 0 Å². The van der Waals surface area contributed by atoms with Crippen molar-refractivity contribution in [2.75, 3.05) is 39.6 Å². The quantitative estimate of drug-likeness (QED) is 0.0533. The van der Waals surface area contributed by atoms with Crippen molar-refractivity contribution in [3.05, 3.63) is 144 Å². The molecule has 444 valence electrons. The molecule has 87 heavy (non-hydrogen) atoms. The highest BCUT2D eigenvalue weighted by Crippen LogP contribution is 2.64. The molecule has 0 N–H and O–H groups in total. The lowest BCUT2D eigenvalue weighted by Gasteiger charge is -2.21. The first-order valence-electron chi connectivity index (χ1n) is 31.2. The normalized spacial score (nSPS) is 12.9. The Bertz CT molecular complexity index is 3590. The molecule has 4 aromatic carbocycles. The van der Waals surface area contributed by atoms with Gasteiger partial charge < -0.3 is 28.4 Å². The average molecular weight is 1160 g/mol. The fraction of sp³-hybridized carbons (Fsp3) is 0.360. The minimum Gasteiger partial charge on any atom is -0.492 e. The molecule has 0 amide bonds. The van der Waals surface area contributed by atoms with Crippen LogP contribution in [0.1, 0.15) is 116 Å². The Hall–Kier alpha value is -8.64. The van der Waals surface area contributed by atoms with Crippen LogP contribution in [0.15, 0.2) is 111 Å². The molecule has 0 saturated heterocycles. The molecular weight excluding hydrogens is 1080 g/mol. The van der Waals surface area contributed by atoms with Crippen molar-refractivity contribution >= 4 is 32.3 Å². The van der Waals surface area contributed by atoms with E-state index in [9.17, 15) is 0 Å². The van der Waals surface area contributed by atoms with Crippen LogP contribution in [0.4, 0.5) is 0 Å². The summed E-state index contributed by atoms with van der Waals surface area (Å²) in [6.45, 7) is 29.4. The molecule has 0 spiro atoms. The summed E-state index contributed by atoms with van der Waals surface area (Å²) < 4.78 is 39.4. The largest absolute Gasteiger partial charge is 0.492 e. The number of hydrogen-bond donors (Lipinski definition) is 0. The molecule has 3 aliphatic rings. The lowest BCUT2D eigenvalue weighted by molar-refractivity contribution is 0.270. The van der Waals surface area contributed by atoms with Gasteiger partial charge in [0.2, 0.25) is 0 Å². The van der Waals surface area contributed by atoms with Gasteiger partial charge in [0, 0.05) is 70.6 Å². The van der Waals surface area contributed by atoms with E-state index < -0.39 is 0 Å². The van der Waals surface area contributed by atoms with E-state index in [4.69, 9.17) is 58.3 Å². The second-order valence-electron chi connectivity index (χ2n) is 26.6. The summed E-state index contributed by atoms with van der Waals surface area (Å²) in [7, 11) is 0. The number of benzene rings is 4. The van der Waals surface area contributed by atoms with Gasteiger partial charge in [0.25, 0.3) is 0 Å². The van der Waals surface area contributed by atoms with Crippen molar-refractivity contribution in [2.24, 2.45) is 35.5 Å². The average Bonchev–Trinajstić information content (AvgIpc) is 1.50. The lowest BCUT2D eigenvalue weighted by Crippen LogP contribution is -2.06. The second-order valence-corrected chi connectivity index (χ2v) is 26.6. The molecular formula is C75H78N6O6. The van der Waals surface area contributed by atoms with Crippen LogP contribution in [0.25, 0.3) is 99.1 Å². The first-order chi connectivity index (χ1) is 42.1. The van der Waals surface area contributed by atoms with Crippen molar-refractivity contribution in [2.45, 2.75) is 102 Å². The first-order valence-corrected chi connectivity index (χ1v) is 31.2. The summed E-state index contributed by atoms with van der Waals surface area (Å²) in [5.74, 6) is 6.23. The maximum absolute atomic E-state index is 6.57. The lowest BCUT2D eigenvalue weighted by atomic mass is 9.83. The van der Waals surface area contributed by atoms with Crippen molar-refractivity contribution in [1.82, 2.24) is 29.9 Å². The fourth-order valence-corrected chi connectivity index (χ4v) is 13.1. The third-order valence-corrected chi connectivity index (χ3v) is 16.4. The van der Waals surface area contributed by atoms with Gasteiger partial charge in [-0.3, -0.25) is 29.9 Å². The van der Waals surface area contributed by atoms with Crippen LogP contribution in [0.5, 0.6) is 34.5 Å². The summed E-state index contributed by atoms with van der Waals surface area (Å²) in [6.07, 6.45) is 25.0. The highest BCUT2D eigenvalue weighted by Gasteiger charge is 2.42. The van der Waals surface area contributed by atoms with E-state index in [-0.39, 0.29) is 0 Å². The van der Waals surface area contributed by atoms with Crippen LogP contribution >= 0.6 is 0 Å². The summed E-state index contributed by atoms with van der Waals surface area (Å²) in [5.41, 5.74) is 19.8. The molecule has 0 atom stereocenters. The van der Waals surface area contributed by atoms with Crippen molar-refractivity contribution in [3.8, 4) is 101 Å². The van der Waals surface area contributed by atoms with Crippen molar-refractivity contribution in [1.29, 1.82) is 0 Å². The van der Waals surface area contributed by atoms with Crippen LogP contribution in [0.3, 0.4) is 0 Å². The van der Waals surface area contributed by atoms with E-state index in [0.29, 0.717) is 94.4 Å². The van der Waals surface area contributed by atoms with E-state index in [1.807, 2.05) is 74.4 Å². The van der Waals surface area contributed by atoms with Crippen LogP contribution < -0.4 is 28.4 Å². The van der Waals surface area contributed by atoms with E-state index in [0.717, 1.165) is 101 Å². The molecule has 0 fully saturated rings. The van der Waals surface area contributed by atoms with Crippen LogP contribution in [0, 0.1) is 35.5 Å². The Morgan fingerprint density at radius 2 is 0.391 bits per heavy atom. The van der Waals surface area contributed by atoms with Gasteiger partial charge in [-0.1, -0.05) is 83.1 Å². The standard InChI is InChI=1S/C75H78N6O6/c1-40(2)34-82-52-13-46(22-76-28-52)64-58-19-60-66(48-15-54(30-78-24-48)84-36-42(5)6)68(50-17-56(32-80-26-50)86-38-44(9)10)62-21-63-69(51-18-57(33-81-27-51)87-39-45(11)12)67(49-16-55(31-79-25-49)85-37-43(7)8)61-20-59(71-70(58)72(60)74(62)75(63)73(61)71)65(64)47-14-53(29-77-23-47)83-35-41(3)4/h13-18,22-33,40-45H,19-21,34-39H2,1-12H3. The summed E-state index contributed by atoms with van der Waals surface area (Å²) in [6, 6.07) is 13.2.